The fourth-order valence-electron chi connectivity index (χ4n) is 4.16. The SMILES string of the molecule is C[C@H]1CN(c2cncc(-c3ncnc4c3[C@@H](C(F)(F)F)CC(=O)N4)n2)CCN1C(=O)OC(C)(C)C. The van der Waals surface area contributed by atoms with Crippen molar-refractivity contribution >= 4 is 23.6 Å². The molecule has 4 rings (SSSR count). The molecule has 0 saturated carbocycles. The Balaban J connectivity index is 1.61. The fourth-order valence-corrected chi connectivity index (χ4v) is 4.16. The molecule has 0 aliphatic carbocycles. The maximum Gasteiger partial charge on any atom is 0.410 e. The van der Waals surface area contributed by atoms with Crippen LogP contribution >= 0.6 is 0 Å². The van der Waals surface area contributed by atoms with Gasteiger partial charge >= 0.3 is 12.3 Å². The van der Waals surface area contributed by atoms with E-state index in [0.717, 1.165) is 6.33 Å². The minimum absolute atomic E-state index is 0.0351. The molecule has 0 unspecified atom stereocenters. The molecule has 2 amide bonds. The van der Waals surface area contributed by atoms with Crippen molar-refractivity contribution in [2.24, 2.45) is 0 Å². The summed E-state index contributed by atoms with van der Waals surface area (Å²) in [7, 11) is 0. The number of carbonyl (C=O) groups excluding carboxylic acids is 2. The van der Waals surface area contributed by atoms with Crippen LogP contribution in [0, 0.1) is 0 Å². The Morgan fingerprint density at radius 3 is 2.57 bits per heavy atom. The number of nitrogens with zero attached hydrogens (tertiary/aromatic N) is 6. The van der Waals surface area contributed by atoms with Crippen LogP contribution in [0.4, 0.5) is 29.6 Å². The van der Waals surface area contributed by atoms with Crippen LogP contribution in [0.2, 0.25) is 0 Å². The van der Waals surface area contributed by atoms with E-state index in [0.29, 0.717) is 25.5 Å². The first-order valence-electron chi connectivity index (χ1n) is 11.1. The molecule has 2 aromatic heterocycles. The van der Waals surface area contributed by atoms with E-state index in [-0.39, 0.29) is 28.8 Å². The van der Waals surface area contributed by atoms with Crippen molar-refractivity contribution in [2.45, 2.75) is 57.9 Å². The topological polar surface area (TPSA) is 113 Å². The Labute approximate surface area is 199 Å². The molecule has 2 aliphatic heterocycles. The van der Waals surface area contributed by atoms with Gasteiger partial charge in [0.1, 0.15) is 29.3 Å². The highest BCUT2D eigenvalue weighted by atomic mass is 19.4. The summed E-state index contributed by atoms with van der Waals surface area (Å²) in [6.45, 7) is 8.53. The average molecular weight is 493 g/mol. The molecule has 0 aromatic carbocycles. The summed E-state index contributed by atoms with van der Waals surface area (Å²) in [5.41, 5.74) is -0.743. The van der Waals surface area contributed by atoms with Gasteiger partial charge in [0.2, 0.25) is 5.91 Å². The number of hydrogen-bond donors (Lipinski definition) is 1. The van der Waals surface area contributed by atoms with E-state index in [2.05, 4.69) is 25.3 Å². The highest BCUT2D eigenvalue weighted by molar-refractivity contribution is 5.95. The van der Waals surface area contributed by atoms with E-state index in [1.165, 1.54) is 12.4 Å². The summed E-state index contributed by atoms with van der Waals surface area (Å²) in [5.74, 6) is -2.55. The molecular formula is C22H26F3N7O3. The molecule has 4 heterocycles. The number of halogens is 3. The van der Waals surface area contributed by atoms with Gasteiger partial charge in [0.15, 0.2) is 0 Å². The number of rotatable bonds is 2. The van der Waals surface area contributed by atoms with Gasteiger partial charge in [0, 0.05) is 37.7 Å². The molecule has 13 heteroatoms. The molecular weight excluding hydrogens is 467 g/mol. The van der Waals surface area contributed by atoms with E-state index >= 15 is 0 Å². The van der Waals surface area contributed by atoms with Crippen molar-refractivity contribution < 1.29 is 27.5 Å². The third-order valence-electron chi connectivity index (χ3n) is 5.72. The number of fused-ring (bicyclic) bond motifs is 1. The minimum atomic E-state index is -4.66. The zero-order valence-corrected chi connectivity index (χ0v) is 19.8. The normalized spacial score (nSPS) is 20.8. The van der Waals surface area contributed by atoms with Crippen LogP contribution in [-0.2, 0) is 9.53 Å². The van der Waals surface area contributed by atoms with Gasteiger partial charge in [-0.2, -0.15) is 13.2 Å². The number of piperazine rings is 1. The lowest BCUT2D eigenvalue weighted by atomic mass is 9.90. The lowest BCUT2D eigenvalue weighted by Crippen LogP contribution is -2.55. The van der Waals surface area contributed by atoms with Crippen molar-refractivity contribution in [1.29, 1.82) is 0 Å². The highest BCUT2D eigenvalue weighted by Gasteiger charge is 2.47. The molecule has 0 radical (unpaired) electrons. The van der Waals surface area contributed by atoms with Gasteiger partial charge in [0.25, 0.3) is 0 Å². The van der Waals surface area contributed by atoms with Crippen LogP contribution in [0.1, 0.15) is 45.6 Å². The van der Waals surface area contributed by atoms with E-state index in [1.54, 1.807) is 25.7 Å². The zero-order valence-electron chi connectivity index (χ0n) is 19.8. The number of hydrogen-bond acceptors (Lipinski definition) is 8. The van der Waals surface area contributed by atoms with Crippen molar-refractivity contribution in [3.63, 3.8) is 0 Å². The van der Waals surface area contributed by atoms with Crippen molar-refractivity contribution in [3.8, 4) is 11.4 Å². The second-order valence-electron chi connectivity index (χ2n) is 9.56. The van der Waals surface area contributed by atoms with Gasteiger partial charge in [0.05, 0.1) is 24.0 Å². The third-order valence-corrected chi connectivity index (χ3v) is 5.72. The smallest absolute Gasteiger partial charge is 0.410 e. The van der Waals surface area contributed by atoms with Gasteiger partial charge < -0.3 is 19.9 Å². The second-order valence-corrected chi connectivity index (χ2v) is 9.56. The Bertz CT molecular complexity index is 1140. The number of aromatic nitrogens is 4. The average Bonchev–Trinajstić information content (AvgIpc) is 2.76. The van der Waals surface area contributed by atoms with E-state index in [4.69, 9.17) is 4.74 Å². The predicted octanol–water partition coefficient (Wildman–Crippen LogP) is 3.37. The Morgan fingerprint density at radius 1 is 1.17 bits per heavy atom. The van der Waals surface area contributed by atoms with Crippen molar-refractivity contribution in [2.75, 3.05) is 29.9 Å². The largest absolute Gasteiger partial charge is 0.444 e. The number of anilines is 2. The molecule has 0 spiro atoms. The summed E-state index contributed by atoms with van der Waals surface area (Å²) in [6, 6.07) is -0.194. The molecule has 1 N–H and O–H groups in total. The third kappa shape index (κ3) is 5.28. The number of nitrogens with one attached hydrogen (secondary N) is 1. The van der Waals surface area contributed by atoms with Gasteiger partial charge in [-0.15, -0.1) is 0 Å². The summed E-state index contributed by atoms with van der Waals surface area (Å²) in [4.78, 5) is 44.5. The summed E-state index contributed by atoms with van der Waals surface area (Å²) in [5, 5.41) is 2.39. The molecule has 2 atom stereocenters. The molecule has 1 fully saturated rings. The Kier molecular flexibility index (Phi) is 6.28. The van der Waals surface area contributed by atoms with E-state index < -0.39 is 36.1 Å². The predicted molar refractivity (Wildman–Crippen MR) is 120 cm³/mol. The van der Waals surface area contributed by atoms with Crippen LogP contribution in [0.5, 0.6) is 0 Å². The fraction of sp³-hybridized carbons (Fsp3) is 0.545. The first kappa shape index (κ1) is 24.6. The quantitative estimate of drug-likeness (QED) is 0.678. The van der Waals surface area contributed by atoms with Crippen LogP contribution < -0.4 is 10.2 Å². The molecule has 2 aliphatic rings. The maximum absolute atomic E-state index is 13.8. The Hall–Kier alpha value is -3.51. The van der Waals surface area contributed by atoms with Crippen LogP contribution in [0.3, 0.4) is 0 Å². The summed E-state index contributed by atoms with van der Waals surface area (Å²) >= 11 is 0. The monoisotopic (exact) mass is 493 g/mol. The number of alkyl halides is 3. The number of amides is 2. The van der Waals surface area contributed by atoms with Crippen LogP contribution in [0.15, 0.2) is 18.7 Å². The molecule has 0 bridgehead atoms. The van der Waals surface area contributed by atoms with Crippen LogP contribution in [0.25, 0.3) is 11.4 Å². The molecule has 1 saturated heterocycles. The van der Waals surface area contributed by atoms with E-state index in [1.807, 2.05) is 11.8 Å². The second kappa shape index (κ2) is 8.93. The van der Waals surface area contributed by atoms with Crippen molar-refractivity contribution in [1.82, 2.24) is 24.8 Å². The van der Waals surface area contributed by atoms with Gasteiger partial charge in [-0.25, -0.2) is 19.7 Å². The minimum Gasteiger partial charge on any atom is -0.444 e. The summed E-state index contributed by atoms with van der Waals surface area (Å²) < 4.78 is 46.8. The van der Waals surface area contributed by atoms with Gasteiger partial charge in [-0.3, -0.25) is 9.78 Å². The van der Waals surface area contributed by atoms with E-state index in [9.17, 15) is 22.8 Å². The van der Waals surface area contributed by atoms with Gasteiger partial charge in [-0.05, 0) is 27.7 Å². The molecule has 2 aromatic rings. The lowest BCUT2D eigenvalue weighted by Gasteiger charge is -2.40. The standard InChI is InChI=1S/C22H26F3N7O3/c1-12-10-31(5-6-32(12)20(34)35-21(2,3)4)15-9-26-8-14(29-15)18-17-13(22(23,24)25)7-16(33)30-19(17)28-11-27-18/h8-9,11-13H,5-7,10H2,1-4H3,(H,27,28,30,33)/t12-,13-/m0/s1. The number of carbonyl (C=O) groups is 2. The van der Waals surface area contributed by atoms with Crippen molar-refractivity contribution in [3.05, 3.63) is 24.3 Å². The zero-order chi connectivity index (χ0) is 25.5. The molecule has 10 nitrogen and oxygen atoms in total. The van der Waals surface area contributed by atoms with Crippen LogP contribution in [-0.4, -0.2) is 74.3 Å². The lowest BCUT2D eigenvalue weighted by molar-refractivity contribution is -0.156. The first-order valence-corrected chi connectivity index (χ1v) is 11.1. The summed E-state index contributed by atoms with van der Waals surface area (Å²) in [6.07, 6.45) is -1.90. The number of ether oxygens (including phenoxy) is 1. The molecule has 35 heavy (non-hydrogen) atoms. The maximum atomic E-state index is 13.8. The molecule has 188 valence electrons. The van der Waals surface area contributed by atoms with Gasteiger partial charge in [-0.1, -0.05) is 0 Å². The Morgan fingerprint density at radius 2 is 1.91 bits per heavy atom. The first-order chi connectivity index (χ1) is 16.3. The highest BCUT2D eigenvalue weighted by Crippen LogP contribution is 2.45.